The first-order chi connectivity index (χ1) is 16.6. The molecule has 3 aromatic heterocycles. The molecule has 0 aliphatic rings. The molecule has 0 radical (unpaired) electrons. The lowest BCUT2D eigenvalue weighted by atomic mass is 10.1. The van der Waals surface area contributed by atoms with Crippen LogP contribution in [-0.4, -0.2) is 30.6 Å². The molecule has 5 aromatic rings. The van der Waals surface area contributed by atoms with Gasteiger partial charge in [-0.2, -0.15) is 5.10 Å². The summed E-state index contributed by atoms with van der Waals surface area (Å²) in [5.74, 6) is 1.13. The van der Waals surface area contributed by atoms with Gasteiger partial charge in [-0.25, -0.2) is 19.6 Å². The second-order valence-corrected chi connectivity index (χ2v) is 8.15. The minimum atomic E-state index is -0.259. The van der Waals surface area contributed by atoms with Crippen LogP contribution < -0.4 is 15.8 Å². The standard InChI is InChI=1S/C24H18BrN7O2/c25-17-8-4-5-9-18(17)30-19(33)13-32-24-21(23(26)28-14-29-24)22(31-32)15-10-11-20(27-12-15)34-16-6-2-1-3-7-16/h1-12,14H,13H2,(H,30,33)(H2,26,28,29). The Hall–Kier alpha value is -4.31. The van der Waals surface area contributed by atoms with Gasteiger partial charge in [0.05, 0.1) is 11.1 Å². The third-order valence-corrected chi connectivity index (χ3v) is 5.67. The van der Waals surface area contributed by atoms with E-state index in [1.165, 1.54) is 11.0 Å². The number of nitrogen functional groups attached to an aromatic ring is 1. The predicted octanol–water partition coefficient (Wildman–Crippen LogP) is 4.66. The summed E-state index contributed by atoms with van der Waals surface area (Å²) in [4.78, 5) is 25.5. The number of aromatic nitrogens is 5. The van der Waals surface area contributed by atoms with Crippen LogP contribution in [-0.2, 0) is 11.3 Å². The maximum atomic E-state index is 12.7. The zero-order valence-corrected chi connectivity index (χ0v) is 19.3. The number of para-hydroxylation sites is 2. The molecule has 5 rings (SSSR count). The Morgan fingerprint density at radius 1 is 1.00 bits per heavy atom. The fourth-order valence-corrected chi connectivity index (χ4v) is 3.80. The van der Waals surface area contributed by atoms with Gasteiger partial charge in [-0.3, -0.25) is 4.79 Å². The number of nitrogens with zero attached hydrogens (tertiary/aromatic N) is 5. The van der Waals surface area contributed by atoms with Gasteiger partial charge in [0.15, 0.2) is 5.65 Å². The van der Waals surface area contributed by atoms with Crippen molar-refractivity contribution in [1.29, 1.82) is 0 Å². The van der Waals surface area contributed by atoms with E-state index in [-0.39, 0.29) is 18.3 Å². The van der Waals surface area contributed by atoms with Gasteiger partial charge in [0, 0.05) is 22.3 Å². The van der Waals surface area contributed by atoms with Gasteiger partial charge in [-0.15, -0.1) is 0 Å². The fraction of sp³-hybridized carbons (Fsp3) is 0.0417. The summed E-state index contributed by atoms with van der Waals surface area (Å²) in [5.41, 5.74) is 8.49. The van der Waals surface area contributed by atoms with Crippen molar-refractivity contribution >= 4 is 44.4 Å². The Balaban J connectivity index is 1.44. The monoisotopic (exact) mass is 515 g/mol. The maximum Gasteiger partial charge on any atom is 0.246 e. The number of benzene rings is 2. The lowest BCUT2D eigenvalue weighted by Gasteiger charge is -2.07. The van der Waals surface area contributed by atoms with E-state index in [0.717, 1.165) is 4.47 Å². The van der Waals surface area contributed by atoms with Gasteiger partial charge in [0.25, 0.3) is 0 Å². The van der Waals surface area contributed by atoms with Gasteiger partial charge < -0.3 is 15.8 Å². The number of pyridine rings is 1. The molecule has 3 heterocycles. The number of nitrogens with one attached hydrogen (secondary N) is 1. The topological polar surface area (TPSA) is 121 Å². The zero-order chi connectivity index (χ0) is 23.5. The summed E-state index contributed by atoms with van der Waals surface area (Å²) >= 11 is 3.43. The van der Waals surface area contributed by atoms with Crippen LogP contribution in [0.5, 0.6) is 11.6 Å². The van der Waals surface area contributed by atoms with Crippen molar-refractivity contribution in [1.82, 2.24) is 24.7 Å². The van der Waals surface area contributed by atoms with E-state index in [4.69, 9.17) is 10.5 Å². The summed E-state index contributed by atoms with van der Waals surface area (Å²) in [5, 5.41) is 8.04. The van der Waals surface area contributed by atoms with Crippen molar-refractivity contribution in [3.63, 3.8) is 0 Å². The van der Waals surface area contributed by atoms with E-state index >= 15 is 0 Å². The second-order valence-electron chi connectivity index (χ2n) is 7.29. The third kappa shape index (κ3) is 4.44. The molecular weight excluding hydrogens is 498 g/mol. The summed E-state index contributed by atoms with van der Waals surface area (Å²) in [7, 11) is 0. The number of carbonyl (C=O) groups excluding carboxylic acids is 1. The van der Waals surface area contributed by atoms with Crippen LogP contribution in [0.3, 0.4) is 0 Å². The average molecular weight is 516 g/mol. The van der Waals surface area contributed by atoms with E-state index in [1.54, 1.807) is 18.3 Å². The summed E-state index contributed by atoms with van der Waals surface area (Å²) in [6, 6.07) is 20.3. The lowest BCUT2D eigenvalue weighted by molar-refractivity contribution is -0.116. The number of fused-ring (bicyclic) bond motifs is 1. The Morgan fingerprint density at radius 3 is 2.56 bits per heavy atom. The fourth-order valence-electron chi connectivity index (χ4n) is 3.42. The molecule has 0 unspecified atom stereocenters. The number of hydrogen-bond donors (Lipinski definition) is 2. The molecule has 0 atom stereocenters. The number of rotatable bonds is 6. The SMILES string of the molecule is Nc1ncnc2c1c(-c1ccc(Oc3ccccc3)nc1)nn2CC(=O)Nc1ccccc1Br. The number of nitrogens with two attached hydrogens (primary N) is 1. The molecule has 10 heteroatoms. The van der Waals surface area contributed by atoms with Gasteiger partial charge in [0.1, 0.15) is 30.1 Å². The Morgan fingerprint density at radius 2 is 1.79 bits per heavy atom. The van der Waals surface area contributed by atoms with E-state index in [2.05, 4.69) is 41.3 Å². The van der Waals surface area contributed by atoms with Crippen molar-refractivity contribution in [2.24, 2.45) is 0 Å². The first kappa shape index (κ1) is 21.5. The van der Waals surface area contributed by atoms with Gasteiger partial charge in [-0.05, 0) is 46.3 Å². The summed E-state index contributed by atoms with van der Waals surface area (Å²) in [6.45, 7) is -0.0586. The minimum absolute atomic E-state index is 0.0586. The molecule has 1 amide bonds. The molecular formula is C24H18BrN7O2. The first-order valence-corrected chi connectivity index (χ1v) is 11.1. The molecule has 0 aliphatic carbocycles. The Kier molecular flexibility index (Phi) is 5.88. The van der Waals surface area contributed by atoms with Crippen molar-refractivity contribution in [3.05, 3.63) is 83.7 Å². The van der Waals surface area contributed by atoms with E-state index < -0.39 is 0 Å². The molecule has 2 aromatic carbocycles. The number of amides is 1. The minimum Gasteiger partial charge on any atom is -0.439 e. The zero-order valence-electron chi connectivity index (χ0n) is 17.7. The molecule has 168 valence electrons. The second kappa shape index (κ2) is 9.28. The third-order valence-electron chi connectivity index (χ3n) is 4.98. The Labute approximate surface area is 202 Å². The van der Waals surface area contributed by atoms with Crippen molar-refractivity contribution in [2.45, 2.75) is 6.54 Å². The van der Waals surface area contributed by atoms with Gasteiger partial charge >= 0.3 is 0 Å². The quantitative estimate of drug-likeness (QED) is 0.337. The number of carbonyl (C=O) groups is 1. The van der Waals surface area contributed by atoms with Crippen LogP contribution in [0, 0.1) is 0 Å². The smallest absolute Gasteiger partial charge is 0.246 e. The number of anilines is 2. The van der Waals surface area contributed by atoms with Crippen LogP contribution >= 0.6 is 15.9 Å². The van der Waals surface area contributed by atoms with E-state index in [1.807, 2.05) is 54.6 Å². The molecule has 0 saturated carbocycles. The highest BCUT2D eigenvalue weighted by Gasteiger charge is 2.19. The summed E-state index contributed by atoms with van der Waals surface area (Å²) < 4.78 is 8.05. The Bertz CT molecular complexity index is 1470. The molecule has 34 heavy (non-hydrogen) atoms. The van der Waals surface area contributed by atoms with Gasteiger partial charge in [-0.1, -0.05) is 30.3 Å². The molecule has 0 aliphatic heterocycles. The number of halogens is 1. The van der Waals surface area contributed by atoms with Crippen LogP contribution in [0.25, 0.3) is 22.3 Å². The van der Waals surface area contributed by atoms with Crippen molar-refractivity contribution < 1.29 is 9.53 Å². The molecule has 0 spiro atoms. The van der Waals surface area contributed by atoms with E-state index in [0.29, 0.717) is 39.6 Å². The van der Waals surface area contributed by atoms with Crippen LogP contribution in [0.1, 0.15) is 0 Å². The summed E-state index contributed by atoms with van der Waals surface area (Å²) in [6.07, 6.45) is 2.98. The highest BCUT2D eigenvalue weighted by Crippen LogP contribution is 2.31. The molecule has 0 bridgehead atoms. The molecule has 0 saturated heterocycles. The number of hydrogen-bond acceptors (Lipinski definition) is 7. The van der Waals surface area contributed by atoms with Gasteiger partial charge in [0.2, 0.25) is 11.8 Å². The highest BCUT2D eigenvalue weighted by atomic mass is 79.9. The van der Waals surface area contributed by atoms with Crippen molar-refractivity contribution in [3.8, 4) is 22.9 Å². The lowest BCUT2D eigenvalue weighted by Crippen LogP contribution is -2.20. The first-order valence-electron chi connectivity index (χ1n) is 10.3. The molecule has 3 N–H and O–H groups in total. The molecule has 0 fully saturated rings. The molecule has 9 nitrogen and oxygen atoms in total. The van der Waals surface area contributed by atoms with Crippen LogP contribution in [0.15, 0.2) is 83.7 Å². The van der Waals surface area contributed by atoms with Crippen LogP contribution in [0.4, 0.5) is 11.5 Å². The van der Waals surface area contributed by atoms with Crippen LogP contribution in [0.2, 0.25) is 0 Å². The highest BCUT2D eigenvalue weighted by molar-refractivity contribution is 9.10. The van der Waals surface area contributed by atoms with E-state index in [9.17, 15) is 4.79 Å². The maximum absolute atomic E-state index is 12.7. The van der Waals surface area contributed by atoms with Crippen molar-refractivity contribution in [2.75, 3.05) is 11.1 Å². The largest absolute Gasteiger partial charge is 0.439 e. The average Bonchev–Trinajstić information content (AvgIpc) is 3.21. The normalized spacial score (nSPS) is 10.9. The predicted molar refractivity (Wildman–Crippen MR) is 132 cm³/mol. The number of ether oxygens (including phenoxy) is 1.